The quantitative estimate of drug-likeness (QED) is 0.281. The van der Waals surface area contributed by atoms with Gasteiger partial charge in [-0.1, -0.05) is 36.4 Å². The first kappa shape index (κ1) is 28.7. The van der Waals surface area contributed by atoms with Crippen LogP contribution in [-0.2, 0) is 16.1 Å². The Morgan fingerprint density at radius 1 is 0.889 bits per heavy atom. The SMILES string of the molecule is Cc1ccc(-c2ccc(Oc3cc(C(=O)NC4CC(=O)N(C5CC5)C4)ccc3CN3C[C@H](c4ccccc4)CC3=O)cc2)nn1. The van der Waals surface area contributed by atoms with Gasteiger partial charge in [0, 0.05) is 61.1 Å². The van der Waals surface area contributed by atoms with Gasteiger partial charge in [-0.2, -0.15) is 10.2 Å². The second-order valence-electron chi connectivity index (χ2n) is 12.2. The van der Waals surface area contributed by atoms with Gasteiger partial charge < -0.3 is 19.9 Å². The van der Waals surface area contributed by atoms with E-state index in [0.717, 1.165) is 40.9 Å². The minimum absolute atomic E-state index is 0.0892. The van der Waals surface area contributed by atoms with E-state index in [-0.39, 0.29) is 29.7 Å². The van der Waals surface area contributed by atoms with Crippen molar-refractivity contribution in [1.82, 2.24) is 25.3 Å². The lowest BCUT2D eigenvalue weighted by Crippen LogP contribution is -2.37. The molecule has 2 saturated heterocycles. The monoisotopic (exact) mass is 601 g/mol. The van der Waals surface area contributed by atoms with Crippen LogP contribution in [0.1, 0.15) is 58.8 Å². The summed E-state index contributed by atoms with van der Waals surface area (Å²) in [5.74, 6) is 1.17. The topological polar surface area (TPSA) is 105 Å². The van der Waals surface area contributed by atoms with Crippen LogP contribution in [0.4, 0.5) is 0 Å². The van der Waals surface area contributed by atoms with Gasteiger partial charge in [-0.05, 0) is 73.9 Å². The molecule has 4 aromatic rings. The first-order chi connectivity index (χ1) is 21.9. The van der Waals surface area contributed by atoms with E-state index in [4.69, 9.17) is 4.74 Å². The van der Waals surface area contributed by atoms with E-state index in [9.17, 15) is 14.4 Å². The van der Waals surface area contributed by atoms with Crippen molar-refractivity contribution in [1.29, 1.82) is 0 Å². The highest BCUT2D eigenvalue weighted by atomic mass is 16.5. The van der Waals surface area contributed by atoms with Crippen molar-refractivity contribution in [3.8, 4) is 22.8 Å². The standard InChI is InChI=1S/C36H35N5O4/c1-23-7-16-32(39-38-23)25-10-14-31(15-11-25)45-33-17-26(36(44)37-29-19-35(43)41(22-29)30-12-13-30)8-9-27(33)20-40-21-28(18-34(40)42)24-5-3-2-4-6-24/h2-11,14-17,28-30H,12-13,18-22H2,1H3,(H,37,44)/t28-,29?/m1/s1. The molecule has 3 amide bonds. The van der Waals surface area contributed by atoms with Crippen LogP contribution in [-0.4, -0.2) is 62.9 Å². The second-order valence-corrected chi connectivity index (χ2v) is 12.2. The third-order valence-corrected chi connectivity index (χ3v) is 8.83. The number of hydrogen-bond donors (Lipinski definition) is 1. The number of nitrogens with zero attached hydrogens (tertiary/aromatic N) is 4. The molecule has 45 heavy (non-hydrogen) atoms. The molecule has 9 heteroatoms. The molecule has 1 aliphatic carbocycles. The Bertz CT molecular complexity index is 1720. The summed E-state index contributed by atoms with van der Waals surface area (Å²) in [5.41, 5.74) is 4.91. The molecular formula is C36H35N5O4. The average Bonchev–Trinajstić information content (AvgIpc) is 3.74. The van der Waals surface area contributed by atoms with E-state index in [1.54, 1.807) is 12.1 Å². The normalized spacial score (nSPS) is 19.7. The van der Waals surface area contributed by atoms with E-state index in [2.05, 4.69) is 27.6 Å². The number of rotatable bonds is 9. The molecule has 1 saturated carbocycles. The molecule has 3 heterocycles. The van der Waals surface area contributed by atoms with Crippen molar-refractivity contribution in [2.24, 2.45) is 0 Å². The lowest BCUT2D eigenvalue weighted by atomic mass is 9.98. The number of nitrogens with one attached hydrogen (secondary N) is 1. The molecule has 2 aliphatic heterocycles. The number of likely N-dealkylation sites (tertiary alicyclic amines) is 2. The number of aryl methyl sites for hydroxylation is 1. The molecule has 1 N–H and O–H groups in total. The zero-order valence-corrected chi connectivity index (χ0v) is 25.2. The van der Waals surface area contributed by atoms with Gasteiger partial charge >= 0.3 is 0 Å². The molecule has 7 rings (SSSR count). The predicted molar refractivity (Wildman–Crippen MR) is 169 cm³/mol. The Labute approximate surface area is 262 Å². The van der Waals surface area contributed by atoms with Gasteiger partial charge in [-0.15, -0.1) is 0 Å². The van der Waals surface area contributed by atoms with Crippen molar-refractivity contribution in [3.63, 3.8) is 0 Å². The zero-order chi connectivity index (χ0) is 30.9. The Hall–Kier alpha value is -5.05. The maximum Gasteiger partial charge on any atom is 0.251 e. The molecule has 3 aliphatic rings. The molecule has 1 aromatic heterocycles. The van der Waals surface area contributed by atoms with Crippen LogP contribution in [0.5, 0.6) is 11.5 Å². The Balaban J connectivity index is 1.11. The molecule has 0 bridgehead atoms. The van der Waals surface area contributed by atoms with Gasteiger partial charge in [-0.25, -0.2) is 0 Å². The first-order valence-corrected chi connectivity index (χ1v) is 15.5. The van der Waals surface area contributed by atoms with Crippen LogP contribution in [0.15, 0.2) is 84.9 Å². The Morgan fingerprint density at radius 3 is 2.42 bits per heavy atom. The van der Waals surface area contributed by atoms with E-state index in [1.807, 2.05) is 77.4 Å². The predicted octanol–water partition coefficient (Wildman–Crippen LogP) is 5.25. The van der Waals surface area contributed by atoms with Crippen LogP contribution >= 0.6 is 0 Å². The number of carbonyl (C=O) groups is 3. The highest BCUT2D eigenvalue weighted by Crippen LogP contribution is 2.34. The number of carbonyl (C=O) groups excluding carboxylic acids is 3. The number of hydrogen-bond acceptors (Lipinski definition) is 6. The molecule has 228 valence electrons. The van der Waals surface area contributed by atoms with Gasteiger partial charge in [0.2, 0.25) is 11.8 Å². The molecule has 1 unspecified atom stereocenters. The summed E-state index contributed by atoms with van der Waals surface area (Å²) in [6.07, 6.45) is 2.86. The third-order valence-electron chi connectivity index (χ3n) is 8.83. The van der Waals surface area contributed by atoms with Crippen molar-refractivity contribution in [2.45, 2.75) is 57.2 Å². The van der Waals surface area contributed by atoms with Crippen molar-refractivity contribution in [3.05, 3.63) is 107 Å². The van der Waals surface area contributed by atoms with Crippen molar-refractivity contribution >= 4 is 17.7 Å². The maximum atomic E-state index is 13.4. The minimum Gasteiger partial charge on any atom is -0.457 e. The highest BCUT2D eigenvalue weighted by molar-refractivity contribution is 5.95. The van der Waals surface area contributed by atoms with E-state index >= 15 is 0 Å². The summed E-state index contributed by atoms with van der Waals surface area (Å²) in [5, 5.41) is 11.5. The summed E-state index contributed by atoms with van der Waals surface area (Å²) in [6, 6.07) is 27.0. The van der Waals surface area contributed by atoms with Crippen molar-refractivity contribution in [2.75, 3.05) is 13.1 Å². The van der Waals surface area contributed by atoms with Crippen LogP contribution in [0.3, 0.4) is 0 Å². The van der Waals surface area contributed by atoms with Gasteiger partial charge in [0.15, 0.2) is 0 Å². The summed E-state index contributed by atoms with van der Waals surface area (Å²) < 4.78 is 6.39. The summed E-state index contributed by atoms with van der Waals surface area (Å²) in [7, 11) is 0. The Morgan fingerprint density at radius 2 is 1.69 bits per heavy atom. The molecule has 3 aromatic carbocycles. The average molecular weight is 602 g/mol. The largest absolute Gasteiger partial charge is 0.457 e. The molecule has 3 fully saturated rings. The van der Waals surface area contributed by atoms with Gasteiger partial charge in [-0.3, -0.25) is 14.4 Å². The fourth-order valence-corrected chi connectivity index (χ4v) is 6.21. The van der Waals surface area contributed by atoms with E-state index in [0.29, 0.717) is 55.6 Å². The summed E-state index contributed by atoms with van der Waals surface area (Å²) >= 11 is 0. The van der Waals surface area contributed by atoms with Crippen molar-refractivity contribution < 1.29 is 19.1 Å². The number of aromatic nitrogens is 2. The summed E-state index contributed by atoms with van der Waals surface area (Å²) in [6.45, 7) is 3.43. The minimum atomic E-state index is -0.253. The number of benzene rings is 3. The first-order valence-electron chi connectivity index (χ1n) is 15.5. The molecule has 0 radical (unpaired) electrons. The van der Waals surface area contributed by atoms with Crippen LogP contribution < -0.4 is 10.1 Å². The zero-order valence-electron chi connectivity index (χ0n) is 25.2. The second kappa shape index (κ2) is 12.1. The van der Waals surface area contributed by atoms with Gasteiger partial charge in [0.1, 0.15) is 11.5 Å². The number of amides is 3. The number of ether oxygens (including phenoxy) is 1. The molecule has 2 atom stereocenters. The maximum absolute atomic E-state index is 13.4. The van der Waals surface area contributed by atoms with Crippen LogP contribution in [0, 0.1) is 6.92 Å². The molecule has 9 nitrogen and oxygen atoms in total. The van der Waals surface area contributed by atoms with E-state index < -0.39 is 0 Å². The molecular weight excluding hydrogens is 566 g/mol. The highest BCUT2D eigenvalue weighted by Gasteiger charge is 2.40. The summed E-state index contributed by atoms with van der Waals surface area (Å²) in [4.78, 5) is 42.6. The third kappa shape index (κ3) is 6.43. The fourth-order valence-electron chi connectivity index (χ4n) is 6.21. The fraction of sp³-hybridized carbons (Fsp3) is 0.306. The van der Waals surface area contributed by atoms with Gasteiger partial charge in [0.25, 0.3) is 5.91 Å². The van der Waals surface area contributed by atoms with Gasteiger partial charge in [0.05, 0.1) is 17.4 Å². The van der Waals surface area contributed by atoms with Crippen LogP contribution in [0.2, 0.25) is 0 Å². The smallest absolute Gasteiger partial charge is 0.251 e. The van der Waals surface area contributed by atoms with Crippen LogP contribution in [0.25, 0.3) is 11.3 Å². The lowest BCUT2D eigenvalue weighted by Gasteiger charge is -2.20. The Kier molecular flexibility index (Phi) is 7.75. The van der Waals surface area contributed by atoms with E-state index in [1.165, 1.54) is 0 Å². The lowest BCUT2D eigenvalue weighted by molar-refractivity contribution is -0.129. The molecule has 0 spiro atoms.